The molecule has 5 atom stereocenters. The standard InChI is InChI=1S/C27H26N2O5/c1-16-7-5-6-10-20(16)28-22(30)15-34-27(33)21(13-17-8-3-2-4-9-17)29-25(31)23-18-11-12-19(14-18)24(23)26(29)32/h2-12,18-19,21,23-24H,13-15H2,1H3,(H,28,30)/t18-,19-,21-,23-,24-/m0/s1. The first-order valence-corrected chi connectivity index (χ1v) is 11.6. The summed E-state index contributed by atoms with van der Waals surface area (Å²) in [7, 11) is 0. The zero-order valence-corrected chi connectivity index (χ0v) is 18.8. The fourth-order valence-electron chi connectivity index (χ4n) is 5.48. The van der Waals surface area contributed by atoms with E-state index in [0.717, 1.165) is 22.4 Å². The van der Waals surface area contributed by atoms with Crippen LogP contribution < -0.4 is 5.32 Å². The lowest BCUT2D eigenvalue weighted by Crippen LogP contribution is -2.48. The average Bonchev–Trinajstić information content (AvgIpc) is 3.52. The van der Waals surface area contributed by atoms with Crippen molar-refractivity contribution in [2.75, 3.05) is 11.9 Å². The summed E-state index contributed by atoms with van der Waals surface area (Å²) in [6, 6.07) is 15.4. The smallest absolute Gasteiger partial charge is 0.330 e. The molecule has 0 aromatic heterocycles. The predicted octanol–water partition coefficient (Wildman–Crippen LogP) is 2.90. The van der Waals surface area contributed by atoms with Crippen molar-refractivity contribution in [1.82, 2.24) is 4.90 Å². The van der Waals surface area contributed by atoms with Gasteiger partial charge in [-0.3, -0.25) is 19.3 Å². The predicted molar refractivity (Wildman–Crippen MR) is 124 cm³/mol. The number of rotatable bonds is 7. The van der Waals surface area contributed by atoms with Crippen LogP contribution >= 0.6 is 0 Å². The summed E-state index contributed by atoms with van der Waals surface area (Å²) in [6.45, 7) is 1.36. The molecular weight excluding hydrogens is 432 g/mol. The molecule has 7 heteroatoms. The molecule has 1 heterocycles. The third-order valence-electron chi connectivity index (χ3n) is 7.12. The van der Waals surface area contributed by atoms with Gasteiger partial charge in [0.05, 0.1) is 11.8 Å². The van der Waals surface area contributed by atoms with Gasteiger partial charge in [-0.05, 0) is 42.4 Å². The number of carbonyl (C=O) groups excluding carboxylic acids is 4. The average molecular weight is 459 g/mol. The second-order valence-corrected chi connectivity index (χ2v) is 9.22. The van der Waals surface area contributed by atoms with Crippen molar-refractivity contribution in [3.8, 4) is 0 Å². The van der Waals surface area contributed by atoms with Crippen LogP contribution in [-0.2, 0) is 30.3 Å². The maximum absolute atomic E-state index is 13.3. The minimum absolute atomic E-state index is 0.0461. The third-order valence-corrected chi connectivity index (χ3v) is 7.12. The number of nitrogens with zero attached hydrogens (tertiary/aromatic N) is 1. The van der Waals surface area contributed by atoms with E-state index < -0.39 is 36.4 Å². The Morgan fingerprint density at radius 1 is 0.971 bits per heavy atom. The first-order valence-electron chi connectivity index (χ1n) is 11.6. The number of esters is 1. The monoisotopic (exact) mass is 458 g/mol. The number of amides is 3. The molecule has 174 valence electrons. The highest BCUT2D eigenvalue weighted by Crippen LogP contribution is 2.53. The molecule has 7 nitrogen and oxygen atoms in total. The number of para-hydroxylation sites is 1. The summed E-state index contributed by atoms with van der Waals surface area (Å²) in [6.07, 6.45) is 4.98. The Bertz CT molecular complexity index is 1140. The van der Waals surface area contributed by atoms with Gasteiger partial charge in [-0.15, -0.1) is 0 Å². The van der Waals surface area contributed by atoms with E-state index in [9.17, 15) is 19.2 Å². The molecule has 2 aliphatic carbocycles. The summed E-state index contributed by atoms with van der Waals surface area (Å²) < 4.78 is 5.34. The number of ether oxygens (including phenoxy) is 1. The highest BCUT2D eigenvalue weighted by atomic mass is 16.5. The molecule has 34 heavy (non-hydrogen) atoms. The van der Waals surface area contributed by atoms with Gasteiger partial charge >= 0.3 is 5.97 Å². The molecule has 1 saturated carbocycles. The molecule has 2 aromatic rings. The molecule has 1 N–H and O–H groups in total. The number of likely N-dealkylation sites (tertiary alicyclic amines) is 1. The van der Waals surface area contributed by atoms with Crippen LogP contribution in [-0.4, -0.2) is 41.2 Å². The maximum Gasteiger partial charge on any atom is 0.330 e. The van der Waals surface area contributed by atoms with Crippen LogP contribution in [0.2, 0.25) is 0 Å². The highest BCUT2D eigenvalue weighted by Gasteiger charge is 2.61. The maximum atomic E-state index is 13.3. The Morgan fingerprint density at radius 2 is 1.59 bits per heavy atom. The lowest BCUT2D eigenvalue weighted by Gasteiger charge is -2.26. The van der Waals surface area contributed by atoms with Gasteiger partial charge in [0, 0.05) is 12.1 Å². The van der Waals surface area contributed by atoms with Gasteiger partial charge in [0.25, 0.3) is 5.91 Å². The van der Waals surface area contributed by atoms with Gasteiger partial charge < -0.3 is 10.1 Å². The molecule has 2 aromatic carbocycles. The topological polar surface area (TPSA) is 92.8 Å². The fraction of sp³-hybridized carbons (Fsp3) is 0.333. The van der Waals surface area contributed by atoms with Crippen molar-refractivity contribution in [3.05, 3.63) is 77.9 Å². The molecular formula is C27H26N2O5. The number of aryl methyl sites for hydroxylation is 1. The van der Waals surface area contributed by atoms with E-state index in [1.807, 2.05) is 61.5 Å². The van der Waals surface area contributed by atoms with Gasteiger partial charge in [-0.2, -0.15) is 0 Å². The minimum Gasteiger partial charge on any atom is -0.454 e. The van der Waals surface area contributed by atoms with E-state index in [2.05, 4.69) is 5.32 Å². The quantitative estimate of drug-likeness (QED) is 0.391. The van der Waals surface area contributed by atoms with Gasteiger partial charge in [0.2, 0.25) is 11.8 Å². The highest BCUT2D eigenvalue weighted by molar-refractivity contribution is 6.09. The number of hydrogen-bond donors (Lipinski definition) is 1. The normalized spacial score (nSPS) is 25.4. The van der Waals surface area contributed by atoms with E-state index in [1.165, 1.54) is 0 Å². The first kappa shape index (κ1) is 22.1. The van der Waals surface area contributed by atoms with E-state index in [0.29, 0.717) is 5.69 Å². The summed E-state index contributed by atoms with van der Waals surface area (Å²) >= 11 is 0. The second-order valence-electron chi connectivity index (χ2n) is 9.22. The Hall–Kier alpha value is -3.74. The van der Waals surface area contributed by atoms with Gasteiger partial charge in [0.15, 0.2) is 6.61 Å². The van der Waals surface area contributed by atoms with Crippen LogP contribution in [0.5, 0.6) is 0 Å². The summed E-state index contributed by atoms with van der Waals surface area (Å²) in [4.78, 5) is 53.3. The number of carbonyl (C=O) groups is 4. The van der Waals surface area contributed by atoms with Crippen molar-refractivity contribution in [2.24, 2.45) is 23.7 Å². The molecule has 5 rings (SSSR count). The van der Waals surface area contributed by atoms with Crippen molar-refractivity contribution in [1.29, 1.82) is 0 Å². The lowest BCUT2D eigenvalue weighted by atomic mass is 9.85. The summed E-state index contributed by atoms with van der Waals surface area (Å²) in [5, 5.41) is 2.72. The number of nitrogens with one attached hydrogen (secondary N) is 1. The Labute approximate surface area is 197 Å². The van der Waals surface area contributed by atoms with E-state index in [4.69, 9.17) is 4.74 Å². The molecule has 2 bridgehead atoms. The van der Waals surface area contributed by atoms with Crippen LogP contribution in [0, 0.1) is 30.6 Å². The van der Waals surface area contributed by atoms with Crippen LogP contribution in [0.1, 0.15) is 17.5 Å². The zero-order chi connectivity index (χ0) is 23.8. The third kappa shape index (κ3) is 3.91. The van der Waals surface area contributed by atoms with Crippen molar-refractivity contribution in [3.63, 3.8) is 0 Å². The largest absolute Gasteiger partial charge is 0.454 e. The van der Waals surface area contributed by atoms with Crippen molar-refractivity contribution < 1.29 is 23.9 Å². The Morgan fingerprint density at radius 3 is 2.24 bits per heavy atom. The first-order chi connectivity index (χ1) is 16.4. The van der Waals surface area contributed by atoms with E-state index >= 15 is 0 Å². The second kappa shape index (κ2) is 8.89. The number of allylic oxidation sites excluding steroid dienone is 2. The molecule has 2 fully saturated rings. The van der Waals surface area contributed by atoms with E-state index in [1.54, 1.807) is 12.1 Å². The minimum atomic E-state index is -1.11. The van der Waals surface area contributed by atoms with Crippen molar-refractivity contribution >= 4 is 29.4 Å². The van der Waals surface area contributed by atoms with E-state index in [-0.39, 0.29) is 30.1 Å². The zero-order valence-electron chi connectivity index (χ0n) is 18.8. The van der Waals surface area contributed by atoms with Crippen molar-refractivity contribution in [2.45, 2.75) is 25.8 Å². The number of imide groups is 1. The lowest BCUT2D eigenvalue weighted by molar-refractivity contribution is -0.160. The Kier molecular flexibility index (Phi) is 5.77. The van der Waals surface area contributed by atoms with Crippen LogP contribution in [0.4, 0.5) is 5.69 Å². The molecule has 0 radical (unpaired) electrons. The molecule has 0 unspecified atom stereocenters. The SMILES string of the molecule is Cc1ccccc1NC(=O)COC(=O)[C@H](Cc1ccccc1)N1C(=O)[C@@H]2[C@@H](C1=O)[C@H]1C=C[C@H]2C1. The van der Waals surface area contributed by atoms with Crippen LogP contribution in [0.25, 0.3) is 0 Å². The van der Waals surface area contributed by atoms with Crippen LogP contribution in [0.15, 0.2) is 66.7 Å². The van der Waals surface area contributed by atoms with Crippen LogP contribution in [0.3, 0.4) is 0 Å². The fourth-order valence-corrected chi connectivity index (χ4v) is 5.48. The molecule has 1 saturated heterocycles. The Balaban J connectivity index is 1.32. The number of fused-ring (bicyclic) bond motifs is 5. The van der Waals surface area contributed by atoms with Gasteiger partial charge in [-0.25, -0.2) is 4.79 Å². The molecule has 1 aliphatic heterocycles. The molecule has 3 amide bonds. The van der Waals surface area contributed by atoms with Gasteiger partial charge in [0.1, 0.15) is 6.04 Å². The van der Waals surface area contributed by atoms with Gasteiger partial charge in [-0.1, -0.05) is 60.7 Å². The number of hydrogen-bond acceptors (Lipinski definition) is 5. The number of anilines is 1. The molecule has 3 aliphatic rings. The number of benzene rings is 2. The molecule has 0 spiro atoms. The summed E-state index contributed by atoms with van der Waals surface area (Å²) in [5.41, 5.74) is 2.31. The summed E-state index contributed by atoms with van der Waals surface area (Å²) in [5.74, 6) is -2.58.